The van der Waals surface area contributed by atoms with Crippen LogP contribution in [0.15, 0.2) is 30.3 Å². The second-order valence-corrected chi connectivity index (χ2v) is 7.78. The Bertz CT molecular complexity index is 628. The van der Waals surface area contributed by atoms with Crippen molar-refractivity contribution >= 4 is 11.9 Å². The molecule has 6 heteroatoms. The Balaban J connectivity index is 1.45. The van der Waals surface area contributed by atoms with Crippen LogP contribution in [-0.2, 0) is 4.79 Å². The van der Waals surface area contributed by atoms with Crippen LogP contribution < -0.4 is 10.1 Å². The van der Waals surface area contributed by atoms with Crippen LogP contribution in [0.2, 0.25) is 0 Å². The van der Waals surface area contributed by atoms with Gasteiger partial charge in [-0.1, -0.05) is 18.2 Å². The maximum absolute atomic E-state index is 12.6. The maximum atomic E-state index is 12.6. The lowest BCUT2D eigenvalue weighted by Crippen LogP contribution is -2.49. The Morgan fingerprint density at radius 1 is 1.27 bits per heavy atom. The number of ether oxygens (including phenoxy) is 1. The Morgan fingerprint density at radius 3 is 2.65 bits per heavy atom. The van der Waals surface area contributed by atoms with Crippen molar-refractivity contribution in [2.75, 3.05) is 40.3 Å². The highest BCUT2D eigenvalue weighted by atomic mass is 16.5. The van der Waals surface area contributed by atoms with E-state index in [0.717, 1.165) is 38.0 Å². The summed E-state index contributed by atoms with van der Waals surface area (Å²) in [6, 6.07) is 9.77. The van der Waals surface area contributed by atoms with Crippen molar-refractivity contribution < 1.29 is 14.3 Å². The number of benzene rings is 1. The number of rotatable bonds is 6. The zero-order valence-electron chi connectivity index (χ0n) is 15.7. The van der Waals surface area contributed by atoms with E-state index < -0.39 is 0 Å². The second kappa shape index (κ2) is 7.98. The third kappa shape index (κ3) is 4.68. The number of para-hydroxylation sites is 1. The third-order valence-electron chi connectivity index (χ3n) is 5.33. The summed E-state index contributed by atoms with van der Waals surface area (Å²) in [5.41, 5.74) is 0.0688. The van der Waals surface area contributed by atoms with Gasteiger partial charge in [-0.05, 0) is 37.8 Å². The van der Waals surface area contributed by atoms with Crippen LogP contribution in [0.25, 0.3) is 0 Å². The lowest BCUT2D eigenvalue weighted by atomic mass is 9.97. The average Bonchev–Trinajstić information content (AvgIpc) is 3.45. The smallest absolute Gasteiger partial charge is 0.319 e. The Hall–Kier alpha value is -2.24. The molecule has 1 heterocycles. The van der Waals surface area contributed by atoms with E-state index in [-0.39, 0.29) is 23.3 Å². The van der Waals surface area contributed by atoms with Crippen LogP contribution in [0.3, 0.4) is 0 Å². The summed E-state index contributed by atoms with van der Waals surface area (Å²) in [5, 5.41) is 3.11. The molecule has 0 aromatic heterocycles. The Kier molecular flexibility index (Phi) is 5.69. The van der Waals surface area contributed by atoms with Crippen molar-refractivity contribution in [2.24, 2.45) is 11.3 Å². The lowest BCUT2D eigenvalue weighted by molar-refractivity contribution is -0.126. The molecule has 1 aromatic carbocycles. The van der Waals surface area contributed by atoms with Crippen LogP contribution in [-0.4, -0.2) is 62.1 Å². The number of urea groups is 1. The van der Waals surface area contributed by atoms with Gasteiger partial charge in [0.05, 0.1) is 12.5 Å². The fourth-order valence-corrected chi connectivity index (χ4v) is 3.37. The molecule has 0 spiro atoms. The fourth-order valence-electron chi connectivity index (χ4n) is 3.37. The first-order chi connectivity index (χ1) is 12.5. The summed E-state index contributed by atoms with van der Waals surface area (Å²) < 4.78 is 5.88. The molecule has 1 aromatic rings. The first kappa shape index (κ1) is 18.5. The highest BCUT2D eigenvalue weighted by molar-refractivity contribution is 5.80. The van der Waals surface area contributed by atoms with Gasteiger partial charge in [0.25, 0.3) is 0 Å². The van der Waals surface area contributed by atoms with Gasteiger partial charge in [0.2, 0.25) is 5.91 Å². The van der Waals surface area contributed by atoms with Crippen molar-refractivity contribution in [3.63, 3.8) is 0 Å². The van der Waals surface area contributed by atoms with Gasteiger partial charge in [0.1, 0.15) is 5.75 Å². The van der Waals surface area contributed by atoms with Crippen LogP contribution in [0.5, 0.6) is 5.75 Å². The quantitative estimate of drug-likeness (QED) is 0.848. The molecule has 0 radical (unpaired) electrons. The Labute approximate surface area is 155 Å². The molecule has 1 N–H and O–H groups in total. The minimum Gasteiger partial charge on any atom is -0.493 e. The zero-order chi connectivity index (χ0) is 18.6. The molecule has 1 atom stereocenters. The second-order valence-electron chi connectivity index (χ2n) is 7.78. The number of carbonyl (C=O) groups is 2. The van der Waals surface area contributed by atoms with Crippen molar-refractivity contribution in [3.05, 3.63) is 30.3 Å². The summed E-state index contributed by atoms with van der Waals surface area (Å²) in [4.78, 5) is 28.0. The van der Waals surface area contributed by atoms with E-state index in [2.05, 4.69) is 5.32 Å². The molecule has 0 unspecified atom stereocenters. The molecule has 2 fully saturated rings. The average molecular weight is 359 g/mol. The summed E-state index contributed by atoms with van der Waals surface area (Å²) in [6.45, 7) is 2.52. The topological polar surface area (TPSA) is 61.9 Å². The number of hydrogen-bond acceptors (Lipinski definition) is 3. The van der Waals surface area contributed by atoms with E-state index >= 15 is 0 Å². The predicted octanol–water partition coefficient (Wildman–Crippen LogP) is 2.36. The van der Waals surface area contributed by atoms with Crippen LogP contribution >= 0.6 is 0 Å². The monoisotopic (exact) mass is 359 g/mol. The minimum atomic E-state index is -0.113. The number of likely N-dealkylation sites (tertiary alicyclic amines) is 1. The number of hydrogen-bond donors (Lipinski definition) is 1. The third-order valence-corrected chi connectivity index (χ3v) is 5.33. The fraction of sp³-hybridized carbons (Fsp3) is 0.600. The number of nitrogens with zero attached hydrogens (tertiary/aromatic N) is 2. The normalized spacial score (nSPS) is 21.0. The maximum Gasteiger partial charge on any atom is 0.319 e. The van der Waals surface area contributed by atoms with Crippen LogP contribution in [0.1, 0.15) is 25.7 Å². The van der Waals surface area contributed by atoms with Gasteiger partial charge in [-0.15, -0.1) is 0 Å². The van der Waals surface area contributed by atoms with Crippen molar-refractivity contribution in [1.82, 2.24) is 15.1 Å². The van der Waals surface area contributed by atoms with E-state index in [0.29, 0.717) is 19.7 Å². The van der Waals surface area contributed by atoms with Crippen molar-refractivity contribution in [2.45, 2.75) is 25.7 Å². The lowest BCUT2D eigenvalue weighted by Gasteiger charge is -2.34. The van der Waals surface area contributed by atoms with Gasteiger partial charge < -0.3 is 19.9 Å². The number of amides is 3. The minimum absolute atomic E-state index is 0.0163. The Morgan fingerprint density at radius 2 is 2.00 bits per heavy atom. The molecule has 0 bridgehead atoms. The van der Waals surface area contributed by atoms with Gasteiger partial charge in [-0.3, -0.25) is 4.79 Å². The molecule has 1 aliphatic carbocycles. The van der Waals surface area contributed by atoms with E-state index in [1.807, 2.05) is 30.3 Å². The van der Waals surface area contributed by atoms with Crippen molar-refractivity contribution in [3.8, 4) is 5.75 Å². The van der Waals surface area contributed by atoms with E-state index in [1.54, 1.807) is 23.9 Å². The van der Waals surface area contributed by atoms with Gasteiger partial charge in [-0.2, -0.15) is 0 Å². The van der Waals surface area contributed by atoms with Gasteiger partial charge in [0, 0.05) is 39.1 Å². The van der Waals surface area contributed by atoms with Gasteiger partial charge in [-0.25, -0.2) is 4.79 Å². The highest BCUT2D eigenvalue weighted by Crippen LogP contribution is 2.45. The molecule has 142 valence electrons. The van der Waals surface area contributed by atoms with E-state index in [9.17, 15) is 9.59 Å². The number of piperidine rings is 1. The molecular weight excluding hydrogens is 330 g/mol. The van der Waals surface area contributed by atoms with Crippen molar-refractivity contribution in [1.29, 1.82) is 0 Å². The molecule has 3 rings (SSSR count). The largest absolute Gasteiger partial charge is 0.493 e. The molecule has 6 nitrogen and oxygen atoms in total. The SMILES string of the molecule is CN(C)C(=O)N1CCC[C@@H](C(=O)NCC2(COc3ccccc3)CC2)C1. The molecule has 26 heavy (non-hydrogen) atoms. The zero-order valence-corrected chi connectivity index (χ0v) is 15.7. The molecule has 1 saturated carbocycles. The standard InChI is InChI=1S/C20H29N3O3/c1-22(2)19(25)23-12-6-7-16(13-23)18(24)21-14-20(10-11-20)15-26-17-8-4-3-5-9-17/h3-5,8-9,16H,6-7,10-15H2,1-2H3,(H,21,24)/t16-/m1/s1. The molecule has 3 amide bonds. The van der Waals surface area contributed by atoms with Crippen LogP contribution in [0, 0.1) is 11.3 Å². The van der Waals surface area contributed by atoms with Crippen LogP contribution in [0.4, 0.5) is 4.79 Å². The molecule has 1 saturated heterocycles. The molecule has 1 aliphatic heterocycles. The van der Waals surface area contributed by atoms with E-state index in [4.69, 9.17) is 4.74 Å². The molecule has 2 aliphatic rings. The first-order valence-electron chi connectivity index (χ1n) is 9.41. The van der Waals surface area contributed by atoms with Gasteiger partial charge >= 0.3 is 6.03 Å². The number of carbonyl (C=O) groups excluding carboxylic acids is 2. The van der Waals surface area contributed by atoms with Gasteiger partial charge in [0.15, 0.2) is 0 Å². The summed E-state index contributed by atoms with van der Waals surface area (Å²) >= 11 is 0. The summed E-state index contributed by atoms with van der Waals surface area (Å²) in [5.74, 6) is 0.820. The summed E-state index contributed by atoms with van der Waals surface area (Å²) in [6.07, 6.45) is 3.88. The first-order valence-corrected chi connectivity index (χ1v) is 9.41. The summed E-state index contributed by atoms with van der Waals surface area (Å²) in [7, 11) is 3.49. The number of nitrogens with one attached hydrogen (secondary N) is 1. The predicted molar refractivity (Wildman–Crippen MR) is 100.0 cm³/mol. The highest BCUT2D eigenvalue weighted by Gasteiger charge is 2.44. The molecular formula is C20H29N3O3. The van der Waals surface area contributed by atoms with E-state index in [1.165, 1.54) is 0 Å².